The SMILES string of the molecule is CC.CCc1cc2[nH]ncc2cc1C.Cc1c(Cl)cc2c(cnn2C2CCCCO2)c1C. The minimum absolute atomic E-state index is 0.0643. The molecular formula is C26H35ClN4O. The van der Waals surface area contributed by atoms with E-state index in [0.29, 0.717) is 0 Å². The molecule has 1 N–H and O–H groups in total. The van der Waals surface area contributed by atoms with E-state index in [1.54, 1.807) is 0 Å². The minimum Gasteiger partial charge on any atom is -0.356 e. The van der Waals surface area contributed by atoms with Gasteiger partial charge in [-0.2, -0.15) is 10.2 Å². The first kappa shape index (κ1) is 24.3. The summed E-state index contributed by atoms with van der Waals surface area (Å²) in [5.74, 6) is 0. The van der Waals surface area contributed by atoms with Gasteiger partial charge in [-0.05, 0) is 86.9 Å². The molecule has 1 atom stereocenters. The minimum atomic E-state index is 0.0643. The van der Waals surface area contributed by atoms with E-state index < -0.39 is 0 Å². The number of ether oxygens (including phenoxy) is 1. The van der Waals surface area contributed by atoms with Gasteiger partial charge in [0.2, 0.25) is 0 Å². The summed E-state index contributed by atoms with van der Waals surface area (Å²) in [6, 6.07) is 6.36. The Morgan fingerprint density at radius 2 is 1.88 bits per heavy atom. The van der Waals surface area contributed by atoms with Crippen molar-refractivity contribution in [2.45, 2.75) is 73.5 Å². The topological polar surface area (TPSA) is 55.7 Å². The molecule has 5 rings (SSSR count). The number of halogens is 1. The van der Waals surface area contributed by atoms with Gasteiger partial charge in [0.05, 0.1) is 23.4 Å². The van der Waals surface area contributed by atoms with E-state index in [2.05, 4.69) is 48.2 Å². The molecule has 4 aromatic rings. The summed E-state index contributed by atoms with van der Waals surface area (Å²) in [6.07, 6.45) is 8.31. The Hall–Kier alpha value is -2.37. The predicted molar refractivity (Wildman–Crippen MR) is 135 cm³/mol. The number of fused-ring (bicyclic) bond motifs is 2. The van der Waals surface area contributed by atoms with Crippen LogP contribution in [-0.2, 0) is 11.2 Å². The van der Waals surface area contributed by atoms with Crippen molar-refractivity contribution in [2.24, 2.45) is 0 Å². The maximum Gasteiger partial charge on any atom is 0.150 e. The molecule has 3 heterocycles. The van der Waals surface area contributed by atoms with Crippen LogP contribution in [0, 0.1) is 20.8 Å². The number of H-pyrrole nitrogens is 1. The Morgan fingerprint density at radius 1 is 1.09 bits per heavy atom. The zero-order chi connectivity index (χ0) is 23.3. The zero-order valence-electron chi connectivity index (χ0n) is 20.1. The van der Waals surface area contributed by atoms with E-state index in [9.17, 15) is 0 Å². The second-order valence-corrected chi connectivity index (χ2v) is 8.45. The second kappa shape index (κ2) is 11.0. The van der Waals surface area contributed by atoms with Crippen LogP contribution in [0.5, 0.6) is 0 Å². The summed E-state index contributed by atoms with van der Waals surface area (Å²) in [7, 11) is 0. The van der Waals surface area contributed by atoms with E-state index in [0.717, 1.165) is 47.5 Å². The Bertz CT molecular complexity index is 1170. The summed E-state index contributed by atoms with van der Waals surface area (Å²) in [6.45, 7) is 13.3. The summed E-state index contributed by atoms with van der Waals surface area (Å²) >= 11 is 6.28. The fraction of sp³-hybridized carbons (Fsp3) is 0.462. The zero-order valence-corrected chi connectivity index (χ0v) is 20.9. The molecule has 2 aromatic heterocycles. The number of hydrogen-bond acceptors (Lipinski definition) is 3. The van der Waals surface area contributed by atoms with Crippen LogP contribution in [0.1, 0.15) is 68.5 Å². The Balaban J connectivity index is 0.000000180. The van der Waals surface area contributed by atoms with Crippen LogP contribution < -0.4 is 0 Å². The largest absolute Gasteiger partial charge is 0.356 e. The van der Waals surface area contributed by atoms with Crippen molar-refractivity contribution < 1.29 is 4.74 Å². The van der Waals surface area contributed by atoms with Gasteiger partial charge < -0.3 is 4.74 Å². The maximum atomic E-state index is 6.28. The molecule has 32 heavy (non-hydrogen) atoms. The molecule has 0 amide bonds. The molecule has 0 saturated carbocycles. The molecule has 0 spiro atoms. The van der Waals surface area contributed by atoms with Crippen LogP contribution in [0.4, 0.5) is 0 Å². The van der Waals surface area contributed by atoms with Crippen molar-refractivity contribution >= 4 is 33.4 Å². The number of aromatic amines is 1. The molecular weight excluding hydrogens is 420 g/mol. The van der Waals surface area contributed by atoms with Gasteiger partial charge in [-0.1, -0.05) is 32.4 Å². The third kappa shape index (κ3) is 5.00. The molecule has 1 aliphatic rings. The predicted octanol–water partition coefficient (Wildman–Crippen LogP) is 7.47. The van der Waals surface area contributed by atoms with Crippen molar-refractivity contribution in [3.8, 4) is 0 Å². The Labute approximate surface area is 196 Å². The normalized spacial score (nSPS) is 15.8. The van der Waals surface area contributed by atoms with Gasteiger partial charge in [0.1, 0.15) is 0 Å². The quantitative estimate of drug-likeness (QED) is 0.341. The van der Waals surface area contributed by atoms with Gasteiger partial charge in [-0.25, -0.2) is 4.68 Å². The first-order chi connectivity index (χ1) is 15.5. The average Bonchev–Trinajstić information content (AvgIpc) is 3.46. The van der Waals surface area contributed by atoms with Gasteiger partial charge in [0.25, 0.3) is 0 Å². The summed E-state index contributed by atoms with van der Waals surface area (Å²) in [5, 5.41) is 14.6. The number of nitrogens with one attached hydrogen (secondary N) is 1. The van der Waals surface area contributed by atoms with Crippen molar-refractivity contribution in [2.75, 3.05) is 6.61 Å². The lowest BCUT2D eigenvalue weighted by atomic mass is 10.0. The molecule has 0 bridgehead atoms. The van der Waals surface area contributed by atoms with E-state index in [1.807, 2.05) is 43.9 Å². The first-order valence-electron chi connectivity index (χ1n) is 11.7. The Morgan fingerprint density at radius 3 is 2.56 bits per heavy atom. The fourth-order valence-electron chi connectivity index (χ4n) is 4.09. The highest BCUT2D eigenvalue weighted by Crippen LogP contribution is 2.31. The second-order valence-electron chi connectivity index (χ2n) is 8.04. The summed E-state index contributed by atoms with van der Waals surface area (Å²) < 4.78 is 7.78. The highest BCUT2D eigenvalue weighted by atomic mass is 35.5. The molecule has 172 valence electrons. The van der Waals surface area contributed by atoms with Crippen molar-refractivity contribution in [3.05, 3.63) is 57.9 Å². The molecule has 1 aliphatic heterocycles. The average molecular weight is 455 g/mol. The van der Waals surface area contributed by atoms with Crippen LogP contribution >= 0.6 is 11.6 Å². The van der Waals surface area contributed by atoms with Crippen LogP contribution in [0.3, 0.4) is 0 Å². The number of benzene rings is 2. The van der Waals surface area contributed by atoms with Gasteiger partial charge in [0, 0.05) is 22.4 Å². The van der Waals surface area contributed by atoms with Crippen LogP contribution in [-0.4, -0.2) is 26.6 Å². The third-order valence-electron chi connectivity index (χ3n) is 6.13. The van der Waals surface area contributed by atoms with E-state index in [4.69, 9.17) is 16.3 Å². The number of hydrogen-bond donors (Lipinski definition) is 1. The van der Waals surface area contributed by atoms with Gasteiger partial charge in [-0.15, -0.1) is 0 Å². The summed E-state index contributed by atoms with van der Waals surface area (Å²) in [4.78, 5) is 0. The number of rotatable bonds is 2. The Kier molecular flexibility index (Phi) is 8.32. The molecule has 0 radical (unpaired) electrons. The first-order valence-corrected chi connectivity index (χ1v) is 12.0. The van der Waals surface area contributed by atoms with Crippen molar-refractivity contribution in [1.29, 1.82) is 0 Å². The molecule has 2 aromatic carbocycles. The van der Waals surface area contributed by atoms with Crippen molar-refractivity contribution in [1.82, 2.24) is 20.0 Å². The van der Waals surface area contributed by atoms with Gasteiger partial charge in [0.15, 0.2) is 6.23 Å². The maximum absolute atomic E-state index is 6.28. The fourth-order valence-corrected chi connectivity index (χ4v) is 4.34. The lowest BCUT2D eigenvalue weighted by Gasteiger charge is -2.23. The van der Waals surface area contributed by atoms with Crippen LogP contribution in [0.25, 0.3) is 21.8 Å². The smallest absolute Gasteiger partial charge is 0.150 e. The van der Waals surface area contributed by atoms with E-state index in [1.165, 1.54) is 33.9 Å². The van der Waals surface area contributed by atoms with Gasteiger partial charge >= 0.3 is 0 Å². The molecule has 1 saturated heterocycles. The highest BCUT2D eigenvalue weighted by Gasteiger charge is 2.20. The molecule has 5 nitrogen and oxygen atoms in total. The lowest BCUT2D eigenvalue weighted by molar-refractivity contribution is -0.0366. The number of nitrogens with zero attached hydrogens (tertiary/aromatic N) is 3. The van der Waals surface area contributed by atoms with Crippen LogP contribution in [0.15, 0.2) is 30.6 Å². The van der Waals surface area contributed by atoms with Crippen molar-refractivity contribution in [3.63, 3.8) is 0 Å². The monoisotopic (exact) mass is 454 g/mol. The van der Waals surface area contributed by atoms with Gasteiger partial charge in [-0.3, -0.25) is 5.10 Å². The number of aryl methyl sites for hydroxylation is 3. The molecule has 1 unspecified atom stereocenters. The highest BCUT2D eigenvalue weighted by molar-refractivity contribution is 6.32. The standard InChI is InChI=1S/C14H17ClN2O.C10H12N2.C2H6/c1-9-10(2)12(15)7-13-11(9)8-16-17(13)14-5-3-4-6-18-14;1-3-8-5-10-9(4-7(8)2)6-11-12-10;1-2/h7-8,14H,3-6H2,1-2H3;4-6H,3H2,1-2H3,(H,11,12);1-2H3. The van der Waals surface area contributed by atoms with E-state index in [-0.39, 0.29) is 6.23 Å². The summed E-state index contributed by atoms with van der Waals surface area (Å²) in [5.41, 5.74) is 7.30. The molecule has 0 aliphatic carbocycles. The number of aromatic nitrogens is 4. The molecule has 6 heteroatoms. The third-order valence-corrected chi connectivity index (χ3v) is 6.52. The molecule has 1 fully saturated rings. The van der Waals surface area contributed by atoms with E-state index >= 15 is 0 Å². The lowest BCUT2D eigenvalue weighted by Crippen LogP contribution is -2.18. The van der Waals surface area contributed by atoms with Crippen LogP contribution in [0.2, 0.25) is 5.02 Å².